The van der Waals surface area contributed by atoms with Crippen LogP contribution >= 0.6 is 0 Å². The average Bonchev–Trinajstić information content (AvgIpc) is 2.42. The Balaban J connectivity index is 2.52. The highest BCUT2D eigenvalue weighted by molar-refractivity contribution is 5.93. The summed E-state index contributed by atoms with van der Waals surface area (Å²) < 4.78 is 4.55. The van der Waals surface area contributed by atoms with E-state index in [1.165, 1.54) is 7.11 Å². The maximum absolute atomic E-state index is 11.2. The highest BCUT2D eigenvalue weighted by Crippen LogP contribution is 2.05. The summed E-state index contributed by atoms with van der Waals surface area (Å²) in [7, 11) is 1.29. The molecule has 0 aliphatic carbocycles. The number of carboxylic acid groups (broad SMARTS) is 1. The van der Waals surface area contributed by atoms with Crippen molar-refractivity contribution in [1.82, 2.24) is 5.32 Å². The van der Waals surface area contributed by atoms with Crippen LogP contribution in [-0.2, 0) is 20.9 Å². The molecule has 19 heavy (non-hydrogen) atoms. The molecule has 1 N–H and O–H groups in total. The number of aliphatic carboxylic acids is 1. The van der Waals surface area contributed by atoms with Crippen molar-refractivity contribution in [1.29, 1.82) is 0 Å². The predicted molar refractivity (Wildman–Crippen MR) is 63.8 cm³/mol. The Bertz CT molecular complexity index is 504. The zero-order valence-corrected chi connectivity index (χ0v) is 10.2. The number of benzene rings is 1. The van der Waals surface area contributed by atoms with Crippen LogP contribution in [0, 0.1) is 0 Å². The molecule has 0 unspecified atom stereocenters. The van der Waals surface area contributed by atoms with Gasteiger partial charge in [-0.3, -0.25) is 4.79 Å². The first kappa shape index (κ1) is 14.4. The molecule has 0 spiro atoms. The third-order valence-corrected chi connectivity index (χ3v) is 2.21. The van der Waals surface area contributed by atoms with E-state index >= 15 is 0 Å². The summed E-state index contributed by atoms with van der Waals surface area (Å²) >= 11 is 0. The number of rotatable bonds is 5. The average molecular weight is 262 g/mol. The van der Waals surface area contributed by atoms with Crippen molar-refractivity contribution in [3.8, 4) is 0 Å². The van der Waals surface area contributed by atoms with Crippen LogP contribution in [0.15, 0.2) is 36.4 Å². The second kappa shape index (κ2) is 6.95. The summed E-state index contributed by atoms with van der Waals surface area (Å²) in [5, 5.41) is 12.6. The van der Waals surface area contributed by atoms with Gasteiger partial charge in [0.1, 0.15) is 0 Å². The lowest BCUT2D eigenvalue weighted by atomic mass is 10.1. The monoisotopic (exact) mass is 262 g/mol. The number of carboxylic acids is 1. The van der Waals surface area contributed by atoms with E-state index in [4.69, 9.17) is 0 Å². The summed E-state index contributed by atoms with van der Waals surface area (Å²) in [5.41, 5.74) is 1.18. The summed E-state index contributed by atoms with van der Waals surface area (Å²) in [6, 6.07) is 6.47. The van der Waals surface area contributed by atoms with Crippen LogP contribution in [0.4, 0.5) is 0 Å². The van der Waals surface area contributed by atoms with E-state index in [-0.39, 0.29) is 6.54 Å². The van der Waals surface area contributed by atoms with E-state index < -0.39 is 17.8 Å². The van der Waals surface area contributed by atoms with Gasteiger partial charge in [0.25, 0.3) is 0 Å². The van der Waals surface area contributed by atoms with Gasteiger partial charge in [0.05, 0.1) is 18.6 Å². The standard InChI is InChI=1S/C13H13NO5/c1-19-13(18)10-4-2-9(3-5-10)8-14-11(15)6-7-12(16)17/h2-7H,8H2,1H3,(H,14,15)(H,16,17)/p-1. The van der Waals surface area contributed by atoms with Crippen molar-refractivity contribution in [2.75, 3.05) is 7.11 Å². The van der Waals surface area contributed by atoms with Gasteiger partial charge in [0, 0.05) is 12.6 Å². The van der Waals surface area contributed by atoms with Gasteiger partial charge in [-0.05, 0) is 23.8 Å². The van der Waals surface area contributed by atoms with E-state index in [0.29, 0.717) is 11.6 Å². The number of carbonyl (C=O) groups is 3. The van der Waals surface area contributed by atoms with Crippen LogP contribution in [0.1, 0.15) is 15.9 Å². The number of nitrogens with one attached hydrogen (secondary N) is 1. The molecule has 0 aliphatic rings. The Kier molecular flexibility index (Phi) is 5.28. The Labute approximate surface area is 109 Å². The van der Waals surface area contributed by atoms with Crippen LogP contribution in [0.5, 0.6) is 0 Å². The summed E-state index contributed by atoms with van der Waals surface area (Å²) in [6.45, 7) is 0.220. The zero-order chi connectivity index (χ0) is 14.3. The number of esters is 1. The Hall–Kier alpha value is -2.63. The molecule has 1 aromatic rings. The third-order valence-electron chi connectivity index (χ3n) is 2.21. The first-order chi connectivity index (χ1) is 9.02. The normalized spacial score (nSPS) is 10.2. The lowest BCUT2D eigenvalue weighted by molar-refractivity contribution is -0.297. The van der Waals surface area contributed by atoms with Crippen molar-refractivity contribution >= 4 is 17.8 Å². The zero-order valence-electron chi connectivity index (χ0n) is 10.2. The second-order valence-electron chi connectivity index (χ2n) is 3.56. The maximum Gasteiger partial charge on any atom is 0.337 e. The summed E-state index contributed by atoms with van der Waals surface area (Å²) in [6.07, 6.45) is 1.52. The van der Waals surface area contributed by atoms with E-state index in [9.17, 15) is 19.5 Å². The highest BCUT2D eigenvalue weighted by atomic mass is 16.5. The molecule has 1 aromatic carbocycles. The molecule has 6 heteroatoms. The molecule has 6 nitrogen and oxygen atoms in total. The molecule has 1 amide bonds. The van der Waals surface area contributed by atoms with Crippen molar-refractivity contribution in [3.63, 3.8) is 0 Å². The second-order valence-corrected chi connectivity index (χ2v) is 3.56. The fraction of sp³-hybridized carbons (Fsp3) is 0.154. The van der Waals surface area contributed by atoms with Gasteiger partial charge in [-0.15, -0.1) is 0 Å². The number of carbonyl (C=O) groups excluding carboxylic acids is 3. The van der Waals surface area contributed by atoms with Gasteiger partial charge >= 0.3 is 5.97 Å². The molecule has 0 aromatic heterocycles. The van der Waals surface area contributed by atoms with E-state index in [0.717, 1.165) is 11.6 Å². The fourth-order valence-corrected chi connectivity index (χ4v) is 1.27. The highest BCUT2D eigenvalue weighted by Gasteiger charge is 2.04. The minimum absolute atomic E-state index is 0.220. The van der Waals surface area contributed by atoms with E-state index in [2.05, 4.69) is 10.1 Å². The molecular weight excluding hydrogens is 250 g/mol. The SMILES string of the molecule is COC(=O)c1ccc(CNC(=O)C=CC(=O)[O-])cc1. The molecule has 100 valence electrons. The molecule has 0 saturated heterocycles. The first-order valence-electron chi connectivity index (χ1n) is 5.37. The molecular formula is C13H12NO5-. The Morgan fingerprint density at radius 2 is 1.84 bits per heavy atom. The molecule has 0 radical (unpaired) electrons. The van der Waals surface area contributed by atoms with Crippen molar-refractivity contribution in [2.45, 2.75) is 6.54 Å². The first-order valence-corrected chi connectivity index (χ1v) is 5.37. The van der Waals surface area contributed by atoms with Crippen LogP contribution in [0.3, 0.4) is 0 Å². The van der Waals surface area contributed by atoms with Crippen molar-refractivity contribution in [3.05, 3.63) is 47.5 Å². The Morgan fingerprint density at radius 3 is 2.37 bits per heavy atom. The molecule has 0 aliphatic heterocycles. The van der Waals surface area contributed by atoms with Gasteiger partial charge < -0.3 is 20.0 Å². The number of amides is 1. The molecule has 0 bridgehead atoms. The lowest BCUT2D eigenvalue weighted by Gasteiger charge is -2.04. The van der Waals surface area contributed by atoms with E-state index in [1.807, 2.05) is 0 Å². The van der Waals surface area contributed by atoms with Gasteiger partial charge in [0.2, 0.25) is 5.91 Å². The Morgan fingerprint density at radius 1 is 1.21 bits per heavy atom. The van der Waals surface area contributed by atoms with Gasteiger partial charge in [0.15, 0.2) is 0 Å². The van der Waals surface area contributed by atoms with Crippen LogP contribution in [-0.4, -0.2) is 25.0 Å². The quantitative estimate of drug-likeness (QED) is 0.564. The fourth-order valence-electron chi connectivity index (χ4n) is 1.27. The topological polar surface area (TPSA) is 95.5 Å². The van der Waals surface area contributed by atoms with Crippen LogP contribution in [0.25, 0.3) is 0 Å². The number of hydrogen-bond donors (Lipinski definition) is 1. The van der Waals surface area contributed by atoms with Crippen LogP contribution < -0.4 is 10.4 Å². The number of ether oxygens (including phenoxy) is 1. The smallest absolute Gasteiger partial charge is 0.337 e. The molecule has 0 atom stereocenters. The molecule has 0 heterocycles. The predicted octanol–water partition coefficient (Wildman–Crippen LogP) is -0.605. The van der Waals surface area contributed by atoms with E-state index in [1.54, 1.807) is 24.3 Å². The van der Waals surface area contributed by atoms with Crippen molar-refractivity contribution < 1.29 is 24.2 Å². The van der Waals surface area contributed by atoms with Crippen molar-refractivity contribution in [2.24, 2.45) is 0 Å². The minimum atomic E-state index is -1.43. The lowest BCUT2D eigenvalue weighted by Crippen LogP contribution is -2.23. The minimum Gasteiger partial charge on any atom is -0.545 e. The van der Waals surface area contributed by atoms with Gasteiger partial charge in [-0.1, -0.05) is 12.1 Å². The largest absolute Gasteiger partial charge is 0.545 e. The third kappa shape index (κ3) is 5.03. The van der Waals surface area contributed by atoms with Gasteiger partial charge in [-0.2, -0.15) is 0 Å². The summed E-state index contributed by atoms with van der Waals surface area (Å²) in [5.74, 6) is -2.41. The summed E-state index contributed by atoms with van der Waals surface area (Å²) in [4.78, 5) is 32.4. The molecule has 1 rings (SSSR count). The number of hydrogen-bond acceptors (Lipinski definition) is 5. The molecule has 0 saturated carbocycles. The molecule has 0 fully saturated rings. The van der Waals surface area contributed by atoms with Gasteiger partial charge in [-0.25, -0.2) is 4.79 Å². The maximum atomic E-state index is 11.2. The van der Waals surface area contributed by atoms with Crippen LogP contribution in [0.2, 0.25) is 0 Å². The number of methoxy groups -OCH3 is 1.